The second-order valence-electron chi connectivity index (χ2n) is 4.70. The Kier molecular flexibility index (Phi) is 4.75. The molecule has 0 aromatic heterocycles. The molecular formula is C13H14ClF4NO. The van der Waals surface area contributed by atoms with Crippen molar-refractivity contribution in [3.63, 3.8) is 0 Å². The summed E-state index contributed by atoms with van der Waals surface area (Å²) >= 11 is 5.69. The number of ether oxygens (including phenoxy) is 1. The van der Waals surface area contributed by atoms with Gasteiger partial charge in [-0.2, -0.15) is 4.39 Å². The SMILES string of the molecule is Fc1ccc(OC(F)(C(F)F)C2CCNCC2)c(Cl)c1. The molecule has 0 spiro atoms. The van der Waals surface area contributed by atoms with E-state index in [1.807, 2.05) is 0 Å². The van der Waals surface area contributed by atoms with Gasteiger partial charge >= 0.3 is 12.3 Å². The second kappa shape index (κ2) is 6.18. The Balaban J connectivity index is 2.23. The summed E-state index contributed by atoms with van der Waals surface area (Å²) in [5, 5.41) is 2.73. The van der Waals surface area contributed by atoms with Gasteiger partial charge in [0.05, 0.1) is 5.02 Å². The second-order valence-corrected chi connectivity index (χ2v) is 5.11. The van der Waals surface area contributed by atoms with Crippen molar-refractivity contribution in [1.82, 2.24) is 5.32 Å². The van der Waals surface area contributed by atoms with Crippen LogP contribution in [0.5, 0.6) is 5.75 Å². The van der Waals surface area contributed by atoms with Crippen LogP contribution in [-0.4, -0.2) is 25.4 Å². The van der Waals surface area contributed by atoms with Gasteiger partial charge in [0.2, 0.25) is 0 Å². The zero-order chi connectivity index (χ0) is 14.8. The first-order chi connectivity index (χ1) is 9.43. The lowest BCUT2D eigenvalue weighted by Crippen LogP contribution is -2.50. The molecule has 1 aromatic rings. The number of hydrogen-bond donors (Lipinski definition) is 1. The van der Waals surface area contributed by atoms with Gasteiger partial charge in [0.15, 0.2) is 0 Å². The maximum atomic E-state index is 14.6. The van der Waals surface area contributed by atoms with E-state index in [9.17, 15) is 17.6 Å². The summed E-state index contributed by atoms with van der Waals surface area (Å²) in [6, 6.07) is 2.93. The van der Waals surface area contributed by atoms with Crippen molar-refractivity contribution in [2.45, 2.75) is 25.1 Å². The molecule has 0 aliphatic carbocycles. The fourth-order valence-corrected chi connectivity index (χ4v) is 2.45. The first-order valence-corrected chi connectivity index (χ1v) is 6.63. The van der Waals surface area contributed by atoms with Crippen LogP contribution in [0.1, 0.15) is 12.8 Å². The highest BCUT2D eigenvalue weighted by Gasteiger charge is 2.50. The van der Waals surface area contributed by atoms with Crippen LogP contribution in [0.25, 0.3) is 0 Å². The first kappa shape index (κ1) is 15.4. The number of piperidine rings is 1. The molecular weight excluding hydrogens is 298 g/mol. The molecule has 1 saturated heterocycles. The maximum absolute atomic E-state index is 14.6. The summed E-state index contributed by atoms with van der Waals surface area (Å²) in [7, 11) is 0. The highest BCUT2D eigenvalue weighted by Crippen LogP contribution is 2.39. The first-order valence-electron chi connectivity index (χ1n) is 6.25. The van der Waals surface area contributed by atoms with Crippen LogP contribution in [0.15, 0.2) is 18.2 Å². The number of rotatable bonds is 4. The van der Waals surface area contributed by atoms with Gasteiger partial charge in [0, 0.05) is 5.92 Å². The van der Waals surface area contributed by atoms with E-state index in [-0.39, 0.29) is 23.6 Å². The van der Waals surface area contributed by atoms with Crippen LogP contribution in [0, 0.1) is 11.7 Å². The molecule has 2 nitrogen and oxygen atoms in total. The van der Waals surface area contributed by atoms with E-state index >= 15 is 0 Å². The number of halogens is 5. The Labute approximate surface area is 119 Å². The number of nitrogens with one attached hydrogen (secondary N) is 1. The predicted molar refractivity (Wildman–Crippen MR) is 67.5 cm³/mol. The van der Waals surface area contributed by atoms with Crippen molar-refractivity contribution >= 4 is 11.6 Å². The van der Waals surface area contributed by atoms with Crippen molar-refractivity contribution in [3.05, 3.63) is 29.0 Å². The standard InChI is InChI=1S/C13H14ClF4NO/c14-10-7-9(15)1-2-11(10)20-13(18,12(16)17)8-3-5-19-6-4-8/h1-2,7-8,12,19H,3-6H2. The van der Waals surface area contributed by atoms with Crippen LogP contribution in [-0.2, 0) is 0 Å². The van der Waals surface area contributed by atoms with E-state index in [4.69, 9.17) is 16.3 Å². The summed E-state index contributed by atoms with van der Waals surface area (Å²) in [4.78, 5) is 0. The molecule has 112 valence electrons. The van der Waals surface area contributed by atoms with Crippen LogP contribution in [0.4, 0.5) is 17.6 Å². The highest BCUT2D eigenvalue weighted by atomic mass is 35.5. The third-order valence-electron chi connectivity index (χ3n) is 3.35. The van der Waals surface area contributed by atoms with E-state index in [2.05, 4.69) is 5.32 Å². The van der Waals surface area contributed by atoms with Gasteiger partial charge in [0.25, 0.3) is 0 Å². The molecule has 0 bridgehead atoms. The van der Waals surface area contributed by atoms with Crippen molar-refractivity contribution in [2.75, 3.05) is 13.1 Å². The Bertz CT molecular complexity index is 468. The van der Waals surface area contributed by atoms with Gasteiger partial charge in [-0.25, -0.2) is 13.2 Å². The Morgan fingerprint density at radius 1 is 1.30 bits per heavy atom. The lowest BCUT2D eigenvalue weighted by atomic mass is 9.90. The topological polar surface area (TPSA) is 21.3 Å². The molecule has 1 aliphatic heterocycles. The van der Waals surface area contributed by atoms with Gasteiger partial charge in [-0.1, -0.05) is 11.6 Å². The molecule has 1 fully saturated rings. The minimum Gasteiger partial charge on any atom is -0.451 e. The third-order valence-corrected chi connectivity index (χ3v) is 3.65. The van der Waals surface area contributed by atoms with Crippen LogP contribution >= 0.6 is 11.6 Å². The molecule has 0 amide bonds. The molecule has 2 rings (SSSR count). The Morgan fingerprint density at radius 3 is 2.50 bits per heavy atom. The van der Waals surface area contributed by atoms with Crippen molar-refractivity contribution < 1.29 is 22.3 Å². The van der Waals surface area contributed by atoms with E-state index < -0.39 is 24.0 Å². The van der Waals surface area contributed by atoms with Crippen molar-refractivity contribution in [2.24, 2.45) is 5.92 Å². The largest absolute Gasteiger partial charge is 0.451 e. The predicted octanol–water partition coefficient (Wildman–Crippen LogP) is 3.79. The summed E-state index contributed by atoms with van der Waals surface area (Å²) in [6.07, 6.45) is -2.84. The van der Waals surface area contributed by atoms with Gasteiger partial charge in [0.1, 0.15) is 11.6 Å². The minimum atomic E-state index is -3.31. The third kappa shape index (κ3) is 3.17. The van der Waals surface area contributed by atoms with Crippen molar-refractivity contribution in [1.29, 1.82) is 0 Å². The summed E-state index contributed by atoms with van der Waals surface area (Å²) in [5.74, 6) is -4.99. The minimum absolute atomic E-state index is 0.235. The molecule has 1 atom stereocenters. The molecule has 0 saturated carbocycles. The average Bonchev–Trinajstić information content (AvgIpc) is 2.42. The smallest absolute Gasteiger partial charge is 0.311 e. The zero-order valence-corrected chi connectivity index (χ0v) is 11.3. The Hall–Kier alpha value is -1.01. The molecule has 1 aliphatic rings. The molecule has 20 heavy (non-hydrogen) atoms. The summed E-state index contributed by atoms with van der Waals surface area (Å²) in [6.45, 7) is 0.896. The van der Waals surface area contributed by atoms with Crippen LogP contribution < -0.4 is 10.1 Å². The maximum Gasteiger partial charge on any atom is 0.311 e. The van der Waals surface area contributed by atoms with E-state index in [1.165, 1.54) is 0 Å². The fourth-order valence-electron chi connectivity index (χ4n) is 2.25. The van der Waals surface area contributed by atoms with E-state index in [0.29, 0.717) is 13.1 Å². The number of hydrogen-bond acceptors (Lipinski definition) is 2. The average molecular weight is 312 g/mol. The molecule has 1 N–H and O–H groups in total. The Morgan fingerprint density at radius 2 is 1.95 bits per heavy atom. The summed E-state index contributed by atoms with van der Waals surface area (Å²) < 4.78 is 58.6. The molecule has 7 heteroatoms. The fraction of sp³-hybridized carbons (Fsp3) is 0.538. The monoisotopic (exact) mass is 311 g/mol. The van der Waals surface area contributed by atoms with Gasteiger partial charge < -0.3 is 10.1 Å². The quantitative estimate of drug-likeness (QED) is 0.854. The number of benzene rings is 1. The van der Waals surface area contributed by atoms with E-state index in [1.54, 1.807) is 0 Å². The van der Waals surface area contributed by atoms with Crippen molar-refractivity contribution in [3.8, 4) is 5.75 Å². The van der Waals surface area contributed by atoms with Crippen LogP contribution in [0.3, 0.4) is 0 Å². The van der Waals surface area contributed by atoms with Gasteiger partial charge in [-0.05, 0) is 44.1 Å². The van der Waals surface area contributed by atoms with Crippen LogP contribution in [0.2, 0.25) is 5.02 Å². The van der Waals surface area contributed by atoms with Gasteiger partial charge in [-0.15, -0.1) is 0 Å². The molecule has 1 unspecified atom stereocenters. The van der Waals surface area contributed by atoms with Gasteiger partial charge in [-0.3, -0.25) is 0 Å². The lowest BCUT2D eigenvalue weighted by Gasteiger charge is -2.35. The van der Waals surface area contributed by atoms with E-state index in [0.717, 1.165) is 18.2 Å². The lowest BCUT2D eigenvalue weighted by molar-refractivity contribution is -0.205. The normalized spacial score (nSPS) is 19.9. The highest BCUT2D eigenvalue weighted by molar-refractivity contribution is 6.32. The zero-order valence-electron chi connectivity index (χ0n) is 10.5. The number of alkyl halides is 3. The summed E-state index contributed by atoms with van der Waals surface area (Å²) in [5.41, 5.74) is 0. The molecule has 1 heterocycles. The molecule has 1 aromatic carbocycles. The molecule has 0 radical (unpaired) electrons.